The van der Waals surface area contributed by atoms with E-state index in [4.69, 9.17) is 18.9 Å². The van der Waals surface area contributed by atoms with Crippen LogP contribution in [0.5, 0.6) is 0 Å². The predicted octanol–water partition coefficient (Wildman–Crippen LogP) is 1.83. The average Bonchev–Trinajstić information content (AvgIpc) is 2.26. The van der Waals surface area contributed by atoms with Crippen LogP contribution < -0.4 is 0 Å². The highest BCUT2D eigenvalue weighted by Gasteiger charge is 1.90. The van der Waals surface area contributed by atoms with Crippen LogP contribution in [-0.2, 0) is 18.9 Å². The van der Waals surface area contributed by atoms with Gasteiger partial charge in [-0.25, -0.2) is 0 Å². The van der Waals surface area contributed by atoms with Gasteiger partial charge in [0.25, 0.3) is 0 Å². The molecule has 0 amide bonds. The number of ether oxygens (including phenoxy) is 4. The second-order valence-electron chi connectivity index (χ2n) is 3.16. The third kappa shape index (κ3) is 13.8. The van der Waals surface area contributed by atoms with Crippen LogP contribution in [0, 0.1) is 0 Å². The summed E-state index contributed by atoms with van der Waals surface area (Å²) in [5.41, 5.74) is 0. The van der Waals surface area contributed by atoms with Gasteiger partial charge in [-0.05, 0) is 12.8 Å². The summed E-state index contributed by atoms with van der Waals surface area (Å²) in [6.07, 6.45) is 2.09. The lowest BCUT2D eigenvalue weighted by Crippen LogP contribution is -2.10. The van der Waals surface area contributed by atoms with Crippen molar-refractivity contribution in [1.29, 1.82) is 0 Å². The van der Waals surface area contributed by atoms with E-state index in [1.165, 1.54) is 0 Å². The van der Waals surface area contributed by atoms with Gasteiger partial charge in [0, 0.05) is 13.2 Å². The summed E-state index contributed by atoms with van der Waals surface area (Å²) in [5, 5.41) is 0. The summed E-state index contributed by atoms with van der Waals surface area (Å²) in [4.78, 5) is 0. The van der Waals surface area contributed by atoms with Gasteiger partial charge in [-0.1, -0.05) is 13.8 Å². The van der Waals surface area contributed by atoms with Crippen molar-refractivity contribution in [1.82, 2.24) is 0 Å². The zero-order valence-corrected chi connectivity index (χ0v) is 10.00. The third-order valence-electron chi connectivity index (χ3n) is 1.61. The van der Waals surface area contributed by atoms with Gasteiger partial charge in [-0.3, -0.25) is 0 Å². The molecule has 15 heavy (non-hydrogen) atoms. The fourth-order valence-electron chi connectivity index (χ4n) is 0.905. The van der Waals surface area contributed by atoms with Crippen LogP contribution in [0.15, 0.2) is 0 Å². The minimum Gasteiger partial charge on any atom is -0.379 e. The third-order valence-corrected chi connectivity index (χ3v) is 1.61. The van der Waals surface area contributed by atoms with E-state index in [9.17, 15) is 0 Å². The van der Waals surface area contributed by atoms with E-state index < -0.39 is 0 Å². The van der Waals surface area contributed by atoms with E-state index in [-0.39, 0.29) is 0 Å². The van der Waals surface area contributed by atoms with Gasteiger partial charge in [0.15, 0.2) is 0 Å². The summed E-state index contributed by atoms with van der Waals surface area (Å²) >= 11 is 0. The van der Waals surface area contributed by atoms with Crippen molar-refractivity contribution in [2.45, 2.75) is 26.7 Å². The molecule has 0 fully saturated rings. The molecular formula is C11H24O4. The molecule has 0 aliphatic carbocycles. The molecule has 92 valence electrons. The largest absolute Gasteiger partial charge is 0.379 e. The van der Waals surface area contributed by atoms with Gasteiger partial charge in [0.05, 0.1) is 26.4 Å². The fourth-order valence-corrected chi connectivity index (χ4v) is 0.905. The van der Waals surface area contributed by atoms with E-state index in [0.29, 0.717) is 33.2 Å². The SMILES string of the molecule is CCCOCCOCOCCOCCC. The van der Waals surface area contributed by atoms with E-state index in [0.717, 1.165) is 26.1 Å². The molecule has 0 aromatic rings. The molecule has 0 aromatic heterocycles. The molecular weight excluding hydrogens is 196 g/mol. The first kappa shape index (κ1) is 14.8. The molecule has 4 heteroatoms. The van der Waals surface area contributed by atoms with E-state index >= 15 is 0 Å². The van der Waals surface area contributed by atoms with Crippen LogP contribution in [-0.4, -0.2) is 46.4 Å². The highest BCUT2D eigenvalue weighted by molar-refractivity contribution is 4.30. The molecule has 4 nitrogen and oxygen atoms in total. The van der Waals surface area contributed by atoms with Crippen molar-refractivity contribution in [2.24, 2.45) is 0 Å². The van der Waals surface area contributed by atoms with Crippen LogP contribution in [0.4, 0.5) is 0 Å². The van der Waals surface area contributed by atoms with Crippen LogP contribution in [0.2, 0.25) is 0 Å². The van der Waals surface area contributed by atoms with Gasteiger partial charge >= 0.3 is 0 Å². The first-order valence-corrected chi connectivity index (χ1v) is 5.72. The molecule has 0 rings (SSSR count). The Balaban J connectivity index is 2.81. The zero-order chi connectivity index (χ0) is 11.2. The fraction of sp³-hybridized carbons (Fsp3) is 1.00. The highest BCUT2D eigenvalue weighted by Crippen LogP contribution is 1.85. The molecule has 0 unspecified atom stereocenters. The first-order valence-electron chi connectivity index (χ1n) is 5.72. The van der Waals surface area contributed by atoms with Crippen molar-refractivity contribution in [2.75, 3.05) is 46.4 Å². The maximum absolute atomic E-state index is 5.24. The molecule has 0 saturated heterocycles. The Hall–Kier alpha value is -0.160. The lowest BCUT2D eigenvalue weighted by atomic mass is 10.5. The molecule has 0 saturated carbocycles. The Morgan fingerprint density at radius 2 is 0.933 bits per heavy atom. The maximum Gasteiger partial charge on any atom is 0.146 e. The van der Waals surface area contributed by atoms with Gasteiger partial charge in [0.1, 0.15) is 6.79 Å². The lowest BCUT2D eigenvalue weighted by molar-refractivity contribution is -0.0812. The second-order valence-corrected chi connectivity index (χ2v) is 3.16. The standard InChI is InChI=1S/C11H24O4/c1-3-5-12-7-9-14-11-15-10-8-13-6-4-2/h3-11H2,1-2H3. The molecule has 0 spiro atoms. The Labute approximate surface area is 92.8 Å². The van der Waals surface area contributed by atoms with Crippen LogP contribution in [0.25, 0.3) is 0 Å². The molecule has 0 radical (unpaired) electrons. The maximum atomic E-state index is 5.24. The van der Waals surface area contributed by atoms with Crippen LogP contribution in [0.3, 0.4) is 0 Å². The lowest BCUT2D eigenvalue weighted by Gasteiger charge is -2.06. The normalized spacial score (nSPS) is 10.8. The van der Waals surface area contributed by atoms with Crippen molar-refractivity contribution >= 4 is 0 Å². The summed E-state index contributed by atoms with van der Waals surface area (Å²) in [6.45, 7) is 8.56. The van der Waals surface area contributed by atoms with E-state index in [1.54, 1.807) is 0 Å². The van der Waals surface area contributed by atoms with Gasteiger partial charge in [-0.15, -0.1) is 0 Å². The van der Waals surface area contributed by atoms with Gasteiger partial charge in [-0.2, -0.15) is 0 Å². The Bertz CT molecular complexity index is 96.8. The Morgan fingerprint density at radius 1 is 0.533 bits per heavy atom. The smallest absolute Gasteiger partial charge is 0.146 e. The highest BCUT2D eigenvalue weighted by atomic mass is 16.7. The van der Waals surface area contributed by atoms with Crippen molar-refractivity contribution in [3.05, 3.63) is 0 Å². The molecule has 0 atom stereocenters. The van der Waals surface area contributed by atoms with E-state index in [2.05, 4.69) is 13.8 Å². The number of rotatable bonds is 12. The molecule has 0 bridgehead atoms. The molecule has 0 heterocycles. The summed E-state index contributed by atoms with van der Waals surface area (Å²) < 4.78 is 20.8. The van der Waals surface area contributed by atoms with Gasteiger partial charge in [0.2, 0.25) is 0 Å². The average molecular weight is 220 g/mol. The van der Waals surface area contributed by atoms with Crippen LogP contribution >= 0.6 is 0 Å². The summed E-state index contributed by atoms with van der Waals surface area (Å²) in [5.74, 6) is 0. The topological polar surface area (TPSA) is 36.9 Å². The van der Waals surface area contributed by atoms with Crippen molar-refractivity contribution in [3.63, 3.8) is 0 Å². The van der Waals surface area contributed by atoms with Crippen molar-refractivity contribution < 1.29 is 18.9 Å². The van der Waals surface area contributed by atoms with Crippen LogP contribution in [0.1, 0.15) is 26.7 Å². The Kier molecular flexibility index (Phi) is 13.7. The molecule has 0 N–H and O–H groups in total. The monoisotopic (exact) mass is 220 g/mol. The van der Waals surface area contributed by atoms with Gasteiger partial charge < -0.3 is 18.9 Å². The minimum atomic E-state index is 0.324. The minimum absolute atomic E-state index is 0.324. The molecule has 0 aliphatic heterocycles. The molecule has 0 aliphatic rings. The quantitative estimate of drug-likeness (QED) is 0.371. The van der Waals surface area contributed by atoms with Crippen molar-refractivity contribution in [3.8, 4) is 0 Å². The Morgan fingerprint density at radius 3 is 1.33 bits per heavy atom. The molecule has 0 aromatic carbocycles. The number of hydrogen-bond acceptors (Lipinski definition) is 4. The first-order chi connectivity index (χ1) is 7.41. The predicted molar refractivity (Wildman–Crippen MR) is 59.0 cm³/mol. The summed E-state index contributed by atoms with van der Waals surface area (Å²) in [6, 6.07) is 0. The summed E-state index contributed by atoms with van der Waals surface area (Å²) in [7, 11) is 0. The zero-order valence-electron chi connectivity index (χ0n) is 10.00. The van der Waals surface area contributed by atoms with E-state index in [1.807, 2.05) is 0 Å². The second kappa shape index (κ2) is 13.8. The number of hydrogen-bond donors (Lipinski definition) is 0.